The Morgan fingerprint density at radius 1 is 1.07 bits per heavy atom. The molecule has 1 aromatic heterocycles. The first-order valence-electron chi connectivity index (χ1n) is 9.16. The van der Waals surface area contributed by atoms with Crippen molar-refractivity contribution in [3.63, 3.8) is 0 Å². The number of carbonyl (C=O) groups is 2. The Labute approximate surface area is 167 Å². The SMILES string of the molecule is CCOc1ccccc1C(=O)NCC(=O)O[C@H](C)c1nnc(-c2ccccc2)o1. The van der Waals surface area contributed by atoms with Crippen molar-refractivity contribution in [3.8, 4) is 17.2 Å². The van der Waals surface area contributed by atoms with Crippen LogP contribution in [0.25, 0.3) is 11.5 Å². The molecule has 1 amide bonds. The van der Waals surface area contributed by atoms with Gasteiger partial charge >= 0.3 is 5.97 Å². The van der Waals surface area contributed by atoms with Gasteiger partial charge in [-0.25, -0.2) is 0 Å². The van der Waals surface area contributed by atoms with Crippen LogP contribution in [-0.2, 0) is 9.53 Å². The maximum atomic E-state index is 12.3. The molecule has 0 saturated carbocycles. The molecule has 29 heavy (non-hydrogen) atoms. The zero-order valence-electron chi connectivity index (χ0n) is 16.1. The second kappa shape index (κ2) is 9.50. The lowest BCUT2D eigenvalue weighted by molar-refractivity contribution is -0.148. The van der Waals surface area contributed by atoms with Gasteiger partial charge in [0, 0.05) is 5.56 Å². The summed E-state index contributed by atoms with van der Waals surface area (Å²) >= 11 is 0. The molecule has 1 N–H and O–H groups in total. The number of aromatic nitrogens is 2. The predicted octanol–water partition coefficient (Wildman–Crippen LogP) is 3.17. The van der Waals surface area contributed by atoms with Crippen molar-refractivity contribution in [3.05, 3.63) is 66.1 Å². The van der Waals surface area contributed by atoms with Gasteiger partial charge in [0.25, 0.3) is 11.8 Å². The standard InChI is InChI=1S/C21H21N3O5/c1-3-27-17-12-8-7-11-16(17)19(26)22-13-18(25)28-14(2)20-23-24-21(29-20)15-9-5-4-6-10-15/h4-12,14H,3,13H2,1-2H3,(H,22,26)/t14-/m1/s1. The highest BCUT2D eigenvalue weighted by molar-refractivity contribution is 5.98. The average molecular weight is 395 g/mol. The van der Waals surface area contributed by atoms with Crippen molar-refractivity contribution in [2.24, 2.45) is 0 Å². The van der Waals surface area contributed by atoms with Gasteiger partial charge in [0.05, 0.1) is 12.2 Å². The van der Waals surface area contributed by atoms with E-state index in [1.54, 1.807) is 31.2 Å². The summed E-state index contributed by atoms with van der Waals surface area (Å²) in [5, 5.41) is 10.4. The first kappa shape index (κ1) is 20.1. The summed E-state index contributed by atoms with van der Waals surface area (Å²) in [6.45, 7) is 3.57. The molecule has 0 aliphatic heterocycles. The van der Waals surface area contributed by atoms with Crippen molar-refractivity contribution in [2.75, 3.05) is 13.2 Å². The van der Waals surface area contributed by atoms with Crippen LogP contribution in [0.2, 0.25) is 0 Å². The quantitative estimate of drug-likeness (QED) is 0.584. The number of hydrogen-bond acceptors (Lipinski definition) is 7. The third kappa shape index (κ3) is 5.19. The van der Waals surface area contributed by atoms with Crippen LogP contribution >= 0.6 is 0 Å². The molecule has 2 aromatic carbocycles. The molecule has 3 rings (SSSR count). The second-order valence-electron chi connectivity index (χ2n) is 6.06. The first-order valence-corrected chi connectivity index (χ1v) is 9.16. The number of ether oxygens (including phenoxy) is 2. The van der Waals surface area contributed by atoms with Crippen LogP contribution in [0.5, 0.6) is 5.75 Å². The molecule has 0 bridgehead atoms. The third-order valence-corrected chi connectivity index (χ3v) is 3.94. The Kier molecular flexibility index (Phi) is 6.57. The van der Waals surface area contributed by atoms with Gasteiger partial charge < -0.3 is 19.2 Å². The van der Waals surface area contributed by atoms with Gasteiger partial charge in [-0.1, -0.05) is 30.3 Å². The summed E-state index contributed by atoms with van der Waals surface area (Å²) in [7, 11) is 0. The van der Waals surface area contributed by atoms with Crippen LogP contribution in [0.1, 0.15) is 36.2 Å². The Morgan fingerprint density at radius 2 is 1.79 bits per heavy atom. The van der Waals surface area contributed by atoms with Crippen molar-refractivity contribution < 1.29 is 23.5 Å². The number of nitrogens with one attached hydrogen (secondary N) is 1. The zero-order chi connectivity index (χ0) is 20.6. The highest BCUT2D eigenvalue weighted by Gasteiger charge is 2.20. The van der Waals surface area contributed by atoms with E-state index < -0.39 is 18.0 Å². The number of para-hydroxylation sites is 1. The van der Waals surface area contributed by atoms with Gasteiger partial charge in [-0.2, -0.15) is 0 Å². The number of nitrogens with zero attached hydrogens (tertiary/aromatic N) is 2. The van der Waals surface area contributed by atoms with Crippen LogP contribution in [0.15, 0.2) is 59.0 Å². The monoisotopic (exact) mass is 395 g/mol. The number of hydrogen-bond donors (Lipinski definition) is 1. The van der Waals surface area contributed by atoms with E-state index in [0.29, 0.717) is 23.8 Å². The van der Waals surface area contributed by atoms with E-state index in [1.165, 1.54) is 0 Å². The molecule has 3 aromatic rings. The molecular formula is C21H21N3O5. The van der Waals surface area contributed by atoms with Crippen LogP contribution in [0.3, 0.4) is 0 Å². The van der Waals surface area contributed by atoms with Gasteiger partial charge in [0.15, 0.2) is 6.10 Å². The van der Waals surface area contributed by atoms with Crippen LogP contribution < -0.4 is 10.1 Å². The Morgan fingerprint density at radius 3 is 2.55 bits per heavy atom. The minimum absolute atomic E-state index is 0.172. The van der Waals surface area contributed by atoms with Gasteiger partial charge in [-0.15, -0.1) is 10.2 Å². The van der Waals surface area contributed by atoms with E-state index in [4.69, 9.17) is 13.9 Å². The van der Waals surface area contributed by atoms with Crippen molar-refractivity contribution in [1.82, 2.24) is 15.5 Å². The fourth-order valence-electron chi connectivity index (χ4n) is 2.57. The van der Waals surface area contributed by atoms with E-state index in [9.17, 15) is 9.59 Å². The van der Waals surface area contributed by atoms with Gasteiger partial charge in [-0.3, -0.25) is 9.59 Å². The summed E-state index contributed by atoms with van der Waals surface area (Å²) in [6, 6.07) is 16.1. The van der Waals surface area contributed by atoms with Gasteiger partial charge in [0.1, 0.15) is 12.3 Å². The topological polar surface area (TPSA) is 104 Å². The fourth-order valence-corrected chi connectivity index (χ4v) is 2.57. The number of carbonyl (C=O) groups excluding carboxylic acids is 2. The molecule has 1 heterocycles. The normalized spacial score (nSPS) is 11.5. The lowest BCUT2D eigenvalue weighted by Crippen LogP contribution is -2.31. The Hall–Kier alpha value is -3.68. The maximum absolute atomic E-state index is 12.3. The van der Waals surface area contributed by atoms with E-state index in [-0.39, 0.29) is 12.4 Å². The number of esters is 1. The number of amides is 1. The van der Waals surface area contributed by atoms with Crippen LogP contribution in [0, 0.1) is 0 Å². The Balaban J connectivity index is 1.54. The molecule has 0 unspecified atom stereocenters. The van der Waals surface area contributed by atoms with Gasteiger partial charge in [0.2, 0.25) is 5.89 Å². The molecule has 8 heteroatoms. The predicted molar refractivity (Wildman–Crippen MR) is 104 cm³/mol. The number of benzene rings is 2. The highest BCUT2D eigenvalue weighted by atomic mass is 16.6. The molecule has 8 nitrogen and oxygen atoms in total. The molecule has 0 aliphatic rings. The molecule has 150 valence electrons. The van der Waals surface area contributed by atoms with E-state index >= 15 is 0 Å². The Bertz CT molecular complexity index is 971. The minimum Gasteiger partial charge on any atom is -0.493 e. The van der Waals surface area contributed by atoms with E-state index in [0.717, 1.165) is 5.56 Å². The van der Waals surface area contributed by atoms with E-state index in [1.807, 2.05) is 37.3 Å². The molecule has 0 saturated heterocycles. The summed E-state index contributed by atoms with van der Waals surface area (Å²) in [4.78, 5) is 24.4. The average Bonchev–Trinajstić information content (AvgIpc) is 3.24. The molecule has 1 atom stereocenters. The molecule has 0 aliphatic carbocycles. The van der Waals surface area contributed by atoms with E-state index in [2.05, 4.69) is 15.5 Å². The lowest BCUT2D eigenvalue weighted by atomic mass is 10.2. The van der Waals surface area contributed by atoms with Crippen molar-refractivity contribution in [2.45, 2.75) is 20.0 Å². The third-order valence-electron chi connectivity index (χ3n) is 3.94. The highest BCUT2D eigenvalue weighted by Crippen LogP contribution is 2.22. The molecule has 0 spiro atoms. The fraction of sp³-hybridized carbons (Fsp3) is 0.238. The first-order chi connectivity index (χ1) is 14.1. The summed E-state index contributed by atoms with van der Waals surface area (Å²) < 4.78 is 16.3. The summed E-state index contributed by atoms with van der Waals surface area (Å²) in [5.41, 5.74) is 1.12. The van der Waals surface area contributed by atoms with Crippen LogP contribution in [0.4, 0.5) is 0 Å². The maximum Gasteiger partial charge on any atom is 0.326 e. The van der Waals surface area contributed by atoms with Gasteiger partial charge in [-0.05, 0) is 38.1 Å². The molecular weight excluding hydrogens is 374 g/mol. The van der Waals surface area contributed by atoms with Crippen molar-refractivity contribution >= 4 is 11.9 Å². The largest absolute Gasteiger partial charge is 0.493 e. The molecule has 0 fully saturated rings. The van der Waals surface area contributed by atoms with Crippen LogP contribution in [-0.4, -0.2) is 35.2 Å². The minimum atomic E-state index is -0.750. The zero-order valence-corrected chi connectivity index (χ0v) is 16.1. The molecule has 0 radical (unpaired) electrons. The summed E-state index contributed by atoms with van der Waals surface area (Å²) in [5.74, 6) is -0.0925. The number of rotatable bonds is 8. The van der Waals surface area contributed by atoms with Crippen molar-refractivity contribution in [1.29, 1.82) is 0 Å². The second-order valence-corrected chi connectivity index (χ2v) is 6.06. The lowest BCUT2D eigenvalue weighted by Gasteiger charge is -2.12. The summed E-state index contributed by atoms with van der Waals surface area (Å²) in [6.07, 6.45) is -0.750. The smallest absolute Gasteiger partial charge is 0.326 e.